The first-order chi connectivity index (χ1) is 12.3. The summed E-state index contributed by atoms with van der Waals surface area (Å²) in [5.74, 6) is 0.797. The van der Waals surface area contributed by atoms with Crippen molar-refractivity contribution in [2.24, 2.45) is 0 Å². The van der Waals surface area contributed by atoms with Gasteiger partial charge in [-0.25, -0.2) is 4.98 Å². The largest absolute Gasteiger partial charge is 0.366 e. The summed E-state index contributed by atoms with van der Waals surface area (Å²) in [6.07, 6.45) is 5.44. The summed E-state index contributed by atoms with van der Waals surface area (Å²) >= 11 is 0. The van der Waals surface area contributed by atoms with Crippen LogP contribution in [0, 0.1) is 11.3 Å². The molecule has 0 aliphatic carbocycles. The Bertz CT molecular complexity index is 1040. The van der Waals surface area contributed by atoms with Gasteiger partial charge in [-0.05, 0) is 53.1 Å². The van der Waals surface area contributed by atoms with Gasteiger partial charge in [0.15, 0.2) is 0 Å². The standard InChI is InChI=1S/C20H15N5/c21-12-14-1-3-16(4-2-14)18-11-19(25-20-17(18)7-10-23-20)24-13-15-5-8-22-9-6-15/h1-11H,13H2,(H2,23,24,25). The molecule has 120 valence electrons. The molecule has 3 aromatic heterocycles. The van der Waals surface area contributed by atoms with E-state index in [0.717, 1.165) is 33.5 Å². The minimum atomic E-state index is 0.652. The molecular weight excluding hydrogens is 310 g/mol. The van der Waals surface area contributed by atoms with Crippen LogP contribution in [0.4, 0.5) is 5.82 Å². The number of anilines is 1. The fourth-order valence-electron chi connectivity index (χ4n) is 2.78. The smallest absolute Gasteiger partial charge is 0.140 e. The number of fused-ring (bicyclic) bond motifs is 1. The molecule has 5 heteroatoms. The number of hydrogen-bond donors (Lipinski definition) is 2. The van der Waals surface area contributed by atoms with Gasteiger partial charge >= 0.3 is 0 Å². The van der Waals surface area contributed by atoms with Crippen LogP contribution in [0.15, 0.2) is 67.1 Å². The second kappa shape index (κ2) is 6.46. The predicted octanol–water partition coefficient (Wildman–Crippen LogP) is 4.11. The van der Waals surface area contributed by atoms with Crippen LogP contribution in [0.2, 0.25) is 0 Å². The number of nitriles is 1. The molecular formula is C20H15N5. The van der Waals surface area contributed by atoms with Crippen molar-refractivity contribution in [2.75, 3.05) is 5.32 Å². The lowest BCUT2D eigenvalue weighted by Gasteiger charge is -2.10. The molecule has 0 spiro atoms. The topological polar surface area (TPSA) is 77.4 Å². The van der Waals surface area contributed by atoms with E-state index in [9.17, 15) is 0 Å². The average molecular weight is 325 g/mol. The number of H-pyrrole nitrogens is 1. The molecule has 0 aliphatic rings. The van der Waals surface area contributed by atoms with Gasteiger partial charge in [0.25, 0.3) is 0 Å². The van der Waals surface area contributed by atoms with Crippen molar-refractivity contribution < 1.29 is 0 Å². The van der Waals surface area contributed by atoms with E-state index in [1.807, 2.05) is 54.7 Å². The molecule has 0 radical (unpaired) electrons. The lowest BCUT2D eigenvalue weighted by atomic mass is 10.0. The SMILES string of the molecule is N#Cc1ccc(-c2cc(NCc3ccncc3)nc3[nH]ccc23)cc1. The van der Waals surface area contributed by atoms with Crippen LogP contribution < -0.4 is 5.32 Å². The summed E-state index contributed by atoms with van der Waals surface area (Å²) in [6, 6.07) is 17.8. The Kier molecular flexibility index (Phi) is 3.85. The van der Waals surface area contributed by atoms with Crippen molar-refractivity contribution in [2.45, 2.75) is 6.54 Å². The van der Waals surface area contributed by atoms with Gasteiger partial charge in [-0.15, -0.1) is 0 Å². The molecule has 1 aromatic carbocycles. The molecule has 25 heavy (non-hydrogen) atoms. The van der Waals surface area contributed by atoms with E-state index in [2.05, 4.69) is 26.3 Å². The zero-order valence-corrected chi connectivity index (χ0v) is 13.4. The van der Waals surface area contributed by atoms with Crippen molar-refractivity contribution in [3.8, 4) is 17.2 Å². The molecule has 4 rings (SSSR count). The monoisotopic (exact) mass is 325 g/mol. The highest BCUT2D eigenvalue weighted by Gasteiger charge is 2.09. The Hall–Kier alpha value is -3.65. The van der Waals surface area contributed by atoms with E-state index in [0.29, 0.717) is 12.1 Å². The van der Waals surface area contributed by atoms with Crippen molar-refractivity contribution in [3.63, 3.8) is 0 Å². The number of benzene rings is 1. The van der Waals surface area contributed by atoms with Gasteiger partial charge < -0.3 is 10.3 Å². The maximum absolute atomic E-state index is 8.98. The molecule has 0 fully saturated rings. The van der Waals surface area contributed by atoms with Crippen LogP contribution in [0.3, 0.4) is 0 Å². The zero-order valence-electron chi connectivity index (χ0n) is 13.4. The highest BCUT2D eigenvalue weighted by atomic mass is 15.0. The molecule has 0 saturated heterocycles. The summed E-state index contributed by atoms with van der Waals surface area (Å²) in [7, 11) is 0. The van der Waals surface area contributed by atoms with Gasteiger partial charge in [-0.2, -0.15) is 5.26 Å². The Balaban J connectivity index is 1.70. The molecule has 0 bridgehead atoms. The van der Waals surface area contributed by atoms with E-state index >= 15 is 0 Å². The number of rotatable bonds is 4. The summed E-state index contributed by atoms with van der Waals surface area (Å²) in [4.78, 5) is 11.8. The van der Waals surface area contributed by atoms with E-state index in [4.69, 9.17) is 5.26 Å². The molecule has 5 nitrogen and oxygen atoms in total. The first-order valence-electron chi connectivity index (χ1n) is 7.95. The molecule has 4 aromatic rings. The number of hydrogen-bond acceptors (Lipinski definition) is 4. The van der Waals surface area contributed by atoms with Gasteiger partial charge in [-0.3, -0.25) is 4.98 Å². The second-order valence-corrected chi connectivity index (χ2v) is 5.69. The third-order valence-corrected chi connectivity index (χ3v) is 4.08. The molecule has 0 saturated carbocycles. The Morgan fingerprint density at radius 3 is 2.60 bits per heavy atom. The summed E-state index contributed by atoms with van der Waals surface area (Å²) < 4.78 is 0. The Morgan fingerprint density at radius 1 is 1.04 bits per heavy atom. The molecule has 0 atom stereocenters. The van der Waals surface area contributed by atoms with Crippen LogP contribution in [0.5, 0.6) is 0 Å². The lowest BCUT2D eigenvalue weighted by molar-refractivity contribution is 1.10. The number of nitrogens with one attached hydrogen (secondary N) is 2. The van der Waals surface area contributed by atoms with Crippen molar-refractivity contribution >= 4 is 16.9 Å². The maximum Gasteiger partial charge on any atom is 0.140 e. The van der Waals surface area contributed by atoms with Crippen LogP contribution in [0.25, 0.3) is 22.2 Å². The van der Waals surface area contributed by atoms with Crippen molar-refractivity contribution in [1.82, 2.24) is 15.0 Å². The Morgan fingerprint density at radius 2 is 1.84 bits per heavy atom. The lowest BCUT2D eigenvalue weighted by Crippen LogP contribution is -2.02. The summed E-state index contributed by atoms with van der Waals surface area (Å²) in [5.41, 5.74) is 4.76. The molecule has 0 aliphatic heterocycles. The third-order valence-electron chi connectivity index (χ3n) is 4.08. The van der Waals surface area contributed by atoms with E-state index in [1.54, 1.807) is 12.4 Å². The maximum atomic E-state index is 8.98. The fraction of sp³-hybridized carbons (Fsp3) is 0.0500. The number of nitrogens with zero attached hydrogens (tertiary/aromatic N) is 3. The Labute approximate surface area is 145 Å². The quantitative estimate of drug-likeness (QED) is 0.592. The molecule has 0 unspecified atom stereocenters. The highest BCUT2D eigenvalue weighted by Crippen LogP contribution is 2.30. The first kappa shape index (κ1) is 14.9. The molecule has 0 amide bonds. The van der Waals surface area contributed by atoms with Gasteiger partial charge in [0.1, 0.15) is 11.5 Å². The van der Waals surface area contributed by atoms with Gasteiger partial charge in [0.2, 0.25) is 0 Å². The third kappa shape index (κ3) is 3.06. The summed E-state index contributed by atoms with van der Waals surface area (Å²) in [6.45, 7) is 0.675. The van der Waals surface area contributed by atoms with E-state index < -0.39 is 0 Å². The predicted molar refractivity (Wildman–Crippen MR) is 97.8 cm³/mol. The number of aromatic nitrogens is 3. The molecule has 2 N–H and O–H groups in total. The first-order valence-corrected chi connectivity index (χ1v) is 7.95. The highest BCUT2D eigenvalue weighted by molar-refractivity contribution is 5.94. The van der Waals surface area contributed by atoms with E-state index in [1.165, 1.54) is 0 Å². The number of pyridine rings is 2. The fourth-order valence-corrected chi connectivity index (χ4v) is 2.78. The second-order valence-electron chi connectivity index (χ2n) is 5.69. The average Bonchev–Trinajstić information content (AvgIpc) is 3.15. The zero-order chi connectivity index (χ0) is 17.1. The van der Waals surface area contributed by atoms with Gasteiger partial charge in [0, 0.05) is 30.5 Å². The molecule has 3 heterocycles. The van der Waals surface area contributed by atoms with Gasteiger partial charge in [0.05, 0.1) is 11.6 Å². The van der Waals surface area contributed by atoms with Crippen LogP contribution in [0.1, 0.15) is 11.1 Å². The normalized spacial score (nSPS) is 10.5. The van der Waals surface area contributed by atoms with Gasteiger partial charge in [-0.1, -0.05) is 12.1 Å². The minimum Gasteiger partial charge on any atom is -0.366 e. The van der Waals surface area contributed by atoms with Crippen LogP contribution in [-0.2, 0) is 6.54 Å². The number of aromatic amines is 1. The minimum absolute atomic E-state index is 0.652. The van der Waals surface area contributed by atoms with Crippen molar-refractivity contribution in [1.29, 1.82) is 5.26 Å². The van der Waals surface area contributed by atoms with Crippen molar-refractivity contribution in [3.05, 3.63) is 78.2 Å². The van der Waals surface area contributed by atoms with E-state index in [-0.39, 0.29) is 0 Å². The van der Waals surface area contributed by atoms with Crippen LogP contribution >= 0.6 is 0 Å². The van der Waals surface area contributed by atoms with Crippen LogP contribution in [-0.4, -0.2) is 15.0 Å². The summed E-state index contributed by atoms with van der Waals surface area (Å²) in [5, 5.41) is 13.4.